The summed E-state index contributed by atoms with van der Waals surface area (Å²) in [6, 6.07) is 0. The number of hydrogen-bond acceptors (Lipinski definition) is 1. The molecule has 0 spiro atoms. The van der Waals surface area contributed by atoms with E-state index in [0.29, 0.717) is 0 Å². The van der Waals surface area contributed by atoms with E-state index in [1.807, 2.05) is 0 Å². The molecule has 15 heavy (non-hydrogen) atoms. The highest BCUT2D eigenvalue weighted by atomic mass is 16.5. The van der Waals surface area contributed by atoms with Crippen molar-refractivity contribution in [3.8, 4) is 0 Å². The Bertz CT molecular complexity index is 75.3. The molecule has 1 heteroatoms. The van der Waals surface area contributed by atoms with Crippen LogP contribution in [0.1, 0.15) is 67.7 Å². The van der Waals surface area contributed by atoms with Crippen LogP contribution in [-0.2, 0) is 4.74 Å². The van der Waals surface area contributed by atoms with Crippen LogP contribution in [-0.4, -0.2) is 13.7 Å². The fraction of sp³-hybridized carbons (Fsp3) is 1.00. The molecule has 0 aromatic rings. The molecule has 0 unspecified atom stereocenters. The molecular formula is C14H34O. The van der Waals surface area contributed by atoms with E-state index in [1.54, 1.807) is 7.11 Å². The third-order valence-corrected chi connectivity index (χ3v) is 2.03. The smallest absolute Gasteiger partial charge is 0.0464 e. The van der Waals surface area contributed by atoms with Gasteiger partial charge in [0.25, 0.3) is 0 Å². The summed E-state index contributed by atoms with van der Waals surface area (Å²) in [5.74, 6) is 1.68. The lowest BCUT2D eigenvalue weighted by Gasteiger charge is -1.99. The molecule has 0 saturated carbocycles. The predicted molar refractivity (Wildman–Crippen MR) is 72.4 cm³/mol. The minimum absolute atomic E-state index is 0. The summed E-state index contributed by atoms with van der Waals surface area (Å²) in [5, 5.41) is 0. The number of unbranched alkanes of at least 4 members (excludes halogenated alkanes) is 1. The van der Waals surface area contributed by atoms with Gasteiger partial charge in [0.05, 0.1) is 0 Å². The zero-order valence-corrected chi connectivity index (χ0v) is 11.1. The van der Waals surface area contributed by atoms with Gasteiger partial charge < -0.3 is 4.74 Å². The summed E-state index contributed by atoms with van der Waals surface area (Å²) in [4.78, 5) is 0. The maximum Gasteiger partial charge on any atom is 0.0464 e. The highest BCUT2D eigenvalue weighted by molar-refractivity contribution is 4.42. The van der Waals surface area contributed by atoms with E-state index in [2.05, 4.69) is 34.6 Å². The summed E-state index contributed by atoms with van der Waals surface area (Å²) in [5.41, 5.74) is 0. The van der Waals surface area contributed by atoms with Crippen molar-refractivity contribution < 1.29 is 4.74 Å². The van der Waals surface area contributed by atoms with Crippen molar-refractivity contribution in [1.29, 1.82) is 0 Å². The molecule has 0 N–H and O–H groups in total. The van der Waals surface area contributed by atoms with Gasteiger partial charge in [0, 0.05) is 13.7 Å². The third-order valence-electron chi connectivity index (χ3n) is 2.03. The second kappa shape index (κ2) is 16.4. The van der Waals surface area contributed by atoms with Crippen LogP contribution in [0, 0.1) is 11.8 Å². The maximum absolute atomic E-state index is 4.85. The zero-order chi connectivity index (χ0) is 11.4. The molecule has 0 amide bonds. The Balaban J connectivity index is -0.000000180. The first-order valence-corrected chi connectivity index (χ1v) is 6.03. The summed E-state index contributed by atoms with van der Waals surface area (Å²) in [6.45, 7) is 12.1. The fourth-order valence-corrected chi connectivity index (χ4v) is 0.966. The first kappa shape index (κ1) is 20.4. The van der Waals surface area contributed by atoms with E-state index in [1.165, 1.54) is 25.7 Å². The highest BCUT2D eigenvalue weighted by Crippen LogP contribution is 2.04. The van der Waals surface area contributed by atoms with Crippen molar-refractivity contribution in [3.05, 3.63) is 0 Å². The third kappa shape index (κ3) is 31.5. The lowest BCUT2D eigenvalue weighted by molar-refractivity contribution is 0.183. The van der Waals surface area contributed by atoms with Crippen molar-refractivity contribution in [3.63, 3.8) is 0 Å². The van der Waals surface area contributed by atoms with Gasteiger partial charge in [0.15, 0.2) is 0 Å². The van der Waals surface area contributed by atoms with Crippen LogP contribution < -0.4 is 0 Å². The van der Waals surface area contributed by atoms with Gasteiger partial charge in [-0.05, 0) is 18.3 Å². The van der Waals surface area contributed by atoms with Gasteiger partial charge in [-0.25, -0.2) is 0 Å². The maximum atomic E-state index is 4.85. The van der Waals surface area contributed by atoms with Gasteiger partial charge in [-0.3, -0.25) is 0 Å². The molecule has 0 heterocycles. The molecule has 0 aliphatic heterocycles. The molecular weight excluding hydrogens is 184 g/mol. The summed E-state index contributed by atoms with van der Waals surface area (Å²) < 4.78 is 4.85. The second-order valence-electron chi connectivity index (χ2n) is 4.71. The average molecular weight is 218 g/mol. The number of rotatable bonds is 6. The largest absolute Gasteiger partial charge is 0.385 e. The van der Waals surface area contributed by atoms with Crippen LogP contribution in [0.3, 0.4) is 0 Å². The average Bonchev–Trinajstić information content (AvgIpc) is 2.12. The van der Waals surface area contributed by atoms with Gasteiger partial charge in [0.2, 0.25) is 0 Å². The first-order valence-electron chi connectivity index (χ1n) is 6.03. The Morgan fingerprint density at radius 3 is 1.53 bits per heavy atom. The van der Waals surface area contributed by atoms with E-state index in [0.717, 1.165) is 18.4 Å². The molecule has 0 bridgehead atoms. The molecule has 0 aromatic carbocycles. The first-order chi connectivity index (χ1) is 6.54. The molecule has 0 aliphatic carbocycles. The quantitative estimate of drug-likeness (QED) is 0.599. The minimum Gasteiger partial charge on any atom is -0.385 e. The van der Waals surface area contributed by atoms with Gasteiger partial charge in [-0.2, -0.15) is 0 Å². The van der Waals surface area contributed by atoms with Crippen LogP contribution in [0.5, 0.6) is 0 Å². The number of methoxy groups -OCH3 is 1. The minimum atomic E-state index is 0. The van der Waals surface area contributed by atoms with Crippen molar-refractivity contribution in [2.24, 2.45) is 11.8 Å². The molecule has 0 rings (SSSR count). The Hall–Kier alpha value is -0.0400. The summed E-state index contributed by atoms with van der Waals surface area (Å²) in [7, 11) is 1.74. The molecule has 1 nitrogen and oxygen atoms in total. The Kier molecular flexibility index (Phi) is 22.3. The standard InChI is InChI=1S/C7H16.C6H14O.CH4/c1-4-5-6-7(2)3;1-6(2)4-5-7-3;/h7H,4-6H2,1-3H3;6H,4-5H2,1-3H3;1H4. The molecule has 0 aromatic heterocycles. The van der Waals surface area contributed by atoms with Crippen molar-refractivity contribution >= 4 is 0 Å². The van der Waals surface area contributed by atoms with Gasteiger partial charge in [0.1, 0.15) is 0 Å². The Morgan fingerprint density at radius 1 is 0.933 bits per heavy atom. The number of ether oxygens (including phenoxy) is 1. The highest BCUT2D eigenvalue weighted by Gasteiger charge is 1.89. The van der Waals surface area contributed by atoms with Crippen molar-refractivity contribution in [2.45, 2.75) is 67.7 Å². The predicted octanol–water partition coefficient (Wildman–Crippen LogP) is 5.15. The van der Waals surface area contributed by atoms with Crippen LogP contribution in [0.4, 0.5) is 0 Å². The van der Waals surface area contributed by atoms with Gasteiger partial charge in [-0.1, -0.05) is 61.3 Å². The lowest BCUT2D eigenvalue weighted by Crippen LogP contribution is -1.93. The normalized spacial score (nSPS) is 9.60. The van der Waals surface area contributed by atoms with Gasteiger partial charge in [-0.15, -0.1) is 0 Å². The van der Waals surface area contributed by atoms with Crippen LogP contribution in [0.25, 0.3) is 0 Å². The molecule has 0 aliphatic rings. The summed E-state index contributed by atoms with van der Waals surface area (Å²) in [6.07, 6.45) is 5.32. The van der Waals surface area contributed by atoms with Crippen molar-refractivity contribution in [2.75, 3.05) is 13.7 Å². The van der Waals surface area contributed by atoms with Crippen LogP contribution in [0.2, 0.25) is 0 Å². The second-order valence-corrected chi connectivity index (χ2v) is 4.71. The van der Waals surface area contributed by atoms with Crippen molar-refractivity contribution in [1.82, 2.24) is 0 Å². The SMILES string of the molecule is C.CCCCC(C)C.COCCC(C)C. The zero-order valence-electron chi connectivity index (χ0n) is 11.1. The van der Waals surface area contributed by atoms with E-state index in [4.69, 9.17) is 4.74 Å². The number of hydrogen-bond donors (Lipinski definition) is 0. The van der Waals surface area contributed by atoms with E-state index in [-0.39, 0.29) is 7.43 Å². The van der Waals surface area contributed by atoms with E-state index in [9.17, 15) is 0 Å². The molecule has 0 atom stereocenters. The van der Waals surface area contributed by atoms with Gasteiger partial charge >= 0.3 is 0 Å². The van der Waals surface area contributed by atoms with Crippen LogP contribution >= 0.6 is 0 Å². The summed E-state index contributed by atoms with van der Waals surface area (Å²) >= 11 is 0. The topological polar surface area (TPSA) is 9.23 Å². The molecule has 96 valence electrons. The van der Waals surface area contributed by atoms with Crippen LogP contribution in [0.15, 0.2) is 0 Å². The Morgan fingerprint density at radius 2 is 1.40 bits per heavy atom. The lowest BCUT2D eigenvalue weighted by atomic mass is 10.1. The van der Waals surface area contributed by atoms with E-state index < -0.39 is 0 Å². The monoisotopic (exact) mass is 218 g/mol. The molecule has 0 fully saturated rings. The fourth-order valence-electron chi connectivity index (χ4n) is 0.966. The molecule has 0 saturated heterocycles. The Labute approximate surface area is 98.6 Å². The van der Waals surface area contributed by atoms with E-state index >= 15 is 0 Å². The molecule has 0 radical (unpaired) electrons.